The molecule has 0 saturated carbocycles. The highest BCUT2D eigenvalue weighted by Gasteiger charge is 2.28. The van der Waals surface area contributed by atoms with E-state index < -0.39 is 8.07 Å². The molecular formula is C24H28BrN3Si. The smallest absolute Gasteiger partial charge is 0.120 e. The van der Waals surface area contributed by atoms with Gasteiger partial charge in [-0.15, -0.1) is 10.8 Å². The highest BCUT2D eigenvalue weighted by Crippen LogP contribution is 2.33. The molecule has 29 heavy (non-hydrogen) atoms. The Morgan fingerprint density at radius 1 is 1.03 bits per heavy atom. The summed E-state index contributed by atoms with van der Waals surface area (Å²) in [4.78, 5) is 0. The average molecular weight is 466 g/mol. The fourth-order valence-corrected chi connectivity index (χ4v) is 5.21. The van der Waals surface area contributed by atoms with Gasteiger partial charge in [0.05, 0.1) is 20.3 Å². The molecule has 0 fully saturated rings. The number of aryl methyl sites for hydroxylation is 1. The van der Waals surface area contributed by atoms with Gasteiger partial charge in [0.1, 0.15) is 5.69 Å². The van der Waals surface area contributed by atoms with E-state index in [0.717, 1.165) is 21.4 Å². The monoisotopic (exact) mass is 465 g/mol. The van der Waals surface area contributed by atoms with Crippen LogP contribution in [0.15, 0.2) is 64.3 Å². The Bertz CT molecular complexity index is 1080. The first kappa shape index (κ1) is 21.5. The van der Waals surface area contributed by atoms with Gasteiger partial charge in [-0.1, -0.05) is 88.8 Å². The lowest BCUT2D eigenvalue weighted by atomic mass is 10.1. The number of hydrogen-bond acceptors (Lipinski definition) is 2. The minimum atomic E-state index is -1.72. The summed E-state index contributed by atoms with van der Waals surface area (Å²) in [7, 11) is -1.72. The normalized spacial score (nSPS) is 11.3. The molecule has 0 aliphatic heterocycles. The largest absolute Gasteiger partial charge is 0.240 e. The van der Waals surface area contributed by atoms with E-state index in [2.05, 4.69) is 115 Å². The number of aromatic nitrogens is 3. The predicted octanol–water partition coefficient (Wildman–Crippen LogP) is 6.89. The van der Waals surface area contributed by atoms with E-state index in [1.54, 1.807) is 0 Å². The van der Waals surface area contributed by atoms with E-state index in [1.165, 1.54) is 21.9 Å². The summed E-state index contributed by atoms with van der Waals surface area (Å²) in [6.45, 7) is 14.0. The summed E-state index contributed by atoms with van der Waals surface area (Å²) in [6, 6.07) is 16.8. The van der Waals surface area contributed by atoms with Crippen LogP contribution in [0.2, 0.25) is 19.6 Å². The molecule has 3 rings (SSSR count). The zero-order valence-electron chi connectivity index (χ0n) is 18.0. The van der Waals surface area contributed by atoms with Crippen LogP contribution in [-0.2, 0) is 6.54 Å². The molecule has 5 heteroatoms. The molecule has 0 atom stereocenters. The minimum absolute atomic E-state index is 0.661. The first-order valence-corrected chi connectivity index (χ1v) is 14.1. The summed E-state index contributed by atoms with van der Waals surface area (Å²) in [6.07, 6.45) is 0. The van der Waals surface area contributed by atoms with Gasteiger partial charge in [-0.05, 0) is 38.0 Å². The van der Waals surface area contributed by atoms with Crippen LogP contribution in [0.4, 0.5) is 0 Å². The van der Waals surface area contributed by atoms with Crippen molar-refractivity contribution in [1.82, 2.24) is 15.0 Å². The van der Waals surface area contributed by atoms with Gasteiger partial charge in [-0.3, -0.25) is 0 Å². The van der Waals surface area contributed by atoms with Gasteiger partial charge in [-0.2, -0.15) is 0 Å². The van der Waals surface area contributed by atoms with E-state index in [1.807, 2.05) is 10.7 Å². The van der Waals surface area contributed by atoms with Crippen LogP contribution in [0.3, 0.4) is 0 Å². The Hall–Kier alpha value is -2.20. The number of allylic oxidation sites excluding steroid dienone is 1. The second-order valence-corrected chi connectivity index (χ2v) is 14.5. The molecule has 2 aromatic carbocycles. The first-order chi connectivity index (χ1) is 13.7. The van der Waals surface area contributed by atoms with Gasteiger partial charge in [0, 0.05) is 15.2 Å². The Kier molecular flexibility index (Phi) is 6.42. The summed E-state index contributed by atoms with van der Waals surface area (Å²) < 4.78 is 3.12. The summed E-state index contributed by atoms with van der Waals surface area (Å²) in [5.41, 5.74) is 10.4. The van der Waals surface area contributed by atoms with Gasteiger partial charge in [-0.25, -0.2) is 4.68 Å². The molecule has 1 heterocycles. The van der Waals surface area contributed by atoms with Crippen LogP contribution in [0.25, 0.3) is 16.5 Å². The van der Waals surface area contributed by atoms with E-state index in [4.69, 9.17) is 0 Å². The topological polar surface area (TPSA) is 30.7 Å². The van der Waals surface area contributed by atoms with Crippen molar-refractivity contribution in [1.29, 1.82) is 0 Å². The standard InChI is InChI=1S/C24H28BrN3Si/c1-17(2)15-22(29(4,5)6)24-23(19-13-11-18(3)12-14-19)26-27-28(24)16-20-9-7-8-10-21(20)25/h7-14H,16H2,1-6H3. The molecule has 0 spiro atoms. The highest BCUT2D eigenvalue weighted by atomic mass is 79.9. The molecule has 0 amide bonds. The summed E-state index contributed by atoms with van der Waals surface area (Å²) in [5.74, 6) is 0. The van der Waals surface area contributed by atoms with E-state index in [-0.39, 0.29) is 0 Å². The molecular weight excluding hydrogens is 438 g/mol. The molecule has 0 N–H and O–H groups in total. The molecule has 0 saturated heterocycles. The van der Waals surface area contributed by atoms with Gasteiger partial charge in [0.15, 0.2) is 0 Å². The lowest BCUT2D eigenvalue weighted by Crippen LogP contribution is -2.25. The maximum Gasteiger partial charge on any atom is 0.120 e. The fraction of sp³-hybridized carbons (Fsp3) is 0.292. The van der Waals surface area contributed by atoms with Crippen molar-refractivity contribution in [2.24, 2.45) is 0 Å². The Morgan fingerprint density at radius 2 is 1.69 bits per heavy atom. The van der Waals surface area contributed by atoms with Crippen LogP contribution in [0.1, 0.15) is 30.7 Å². The second-order valence-electron chi connectivity index (χ2n) is 8.65. The molecule has 3 nitrogen and oxygen atoms in total. The number of benzene rings is 2. The zero-order valence-corrected chi connectivity index (χ0v) is 20.6. The Balaban J connectivity index is 2.26. The van der Waals surface area contributed by atoms with Crippen molar-refractivity contribution in [3.63, 3.8) is 0 Å². The summed E-state index contributed by atoms with van der Waals surface area (Å²) in [5, 5.41) is 10.5. The third kappa shape index (κ3) is 5.05. The third-order valence-corrected chi connectivity index (χ3v) is 7.34. The quantitative estimate of drug-likeness (QED) is 0.303. The lowest BCUT2D eigenvalue weighted by molar-refractivity contribution is 0.642. The number of halogens is 1. The van der Waals surface area contributed by atoms with Crippen molar-refractivity contribution in [2.45, 2.75) is 47.0 Å². The Morgan fingerprint density at radius 3 is 2.28 bits per heavy atom. The number of rotatable bonds is 5. The highest BCUT2D eigenvalue weighted by molar-refractivity contribution is 9.10. The predicted molar refractivity (Wildman–Crippen MR) is 129 cm³/mol. The zero-order chi connectivity index (χ0) is 21.2. The van der Waals surface area contributed by atoms with Crippen molar-refractivity contribution in [3.05, 3.63) is 81.1 Å². The minimum Gasteiger partial charge on any atom is -0.240 e. The fourth-order valence-electron chi connectivity index (χ4n) is 3.22. The van der Waals surface area contributed by atoms with Crippen LogP contribution in [0, 0.1) is 6.92 Å². The third-order valence-electron chi connectivity index (χ3n) is 4.70. The van der Waals surface area contributed by atoms with Crippen molar-refractivity contribution in [3.8, 4) is 11.3 Å². The SMILES string of the molecule is CC(C)=C=C(c1c(-c2ccc(C)cc2)nnn1Cc1ccccc1Br)[Si](C)(C)C. The lowest BCUT2D eigenvalue weighted by Gasteiger charge is -2.21. The molecule has 150 valence electrons. The molecule has 3 aromatic rings. The van der Waals surface area contributed by atoms with Crippen molar-refractivity contribution in [2.75, 3.05) is 0 Å². The molecule has 0 aliphatic rings. The summed E-state index contributed by atoms with van der Waals surface area (Å²) >= 11 is 3.68. The van der Waals surface area contributed by atoms with Crippen molar-refractivity contribution >= 4 is 29.2 Å². The van der Waals surface area contributed by atoms with Crippen LogP contribution in [0.5, 0.6) is 0 Å². The van der Waals surface area contributed by atoms with E-state index in [9.17, 15) is 0 Å². The maximum atomic E-state index is 4.63. The average Bonchev–Trinajstić information content (AvgIpc) is 3.04. The van der Waals surface area contributed by atoms with Gasteiger partial charge >= 0.3 is 0 Å². The van der Waals surface area contributed by atoms with Crippen LogP contribution < -0.4 is 0 Å². The molecule has 0 unspecified atom stereocenters. The molecule has 1 aromatic heterocycles. The van der Waals surface area contributed by atoms with Gasteiger partial charge < -0.3 is 0 Å². The second kappa shape index (κ2) is 8.66. The van der Waals surface area contributed by atoms with Crippen LogP contribution in [-0.4, -0.2) is 23.1 Å². The van der Waals surface area contributed by atoms with Gasteiger partial charge in [0.2, 0.25) is 0 Å². The Labute approximate surface area is 183 Å². The van der Waals surface area contributed by atoms with E-state index in [0.29, 0.717) is 6.54 Å². The molecule has 0 aliphatic carbocycles. The van der Waals surface area contributed by atoms with E-state index >= 15 is 0 Å². The molecule has 0 radical (unpaired) electrons. The first-order valence-electron chi connectivity index (χ1n) is 9.85. The van der Waals surface area contributed by atoms with Crippen LogP contribution >= 0.6 is 15.9 Å². The number of hydrogen-bond donors (Lipinski definition) is 0. The van der Waals surface area contributed by atoms with Crippen molar-refractivity contribution < 1.29 is 0 Å². The number of nitrogens with zero attached hydrogens (tertiary/aromatic N) is 3. The van der Waals surface area contributed by atoms with Gasteiger partial charge in [0.25, 0.3) is 0 Å². The molecule has 0 bridgehead atoms. The maximum absolute atomic E-state index is 4.63.